The molecule has 1 aromatic heterocycles. The van der Waals surface area contributed by atoms with Crippen LogP contribution in [0.1, 0.15) is 0 Å². The number of aryl methyl sites for hydroxylation is 1. The SMILES string of the molecule is CN(C)c1ccc2c(c1)c1ccccc1n2C. The number of anilines is 1. The Bertz CT molecular complexity index is 693. The Kier molecular flexibility index (Phi) is 2.11. The van der Waals surface area contributed by atoms with Gasteiger partial charge >= 0.3 is 0 Å². The zero-order valence-corrected chi connectivity index (χ0v) is 10.4. The van der Waals surface area contributed by atoms with E-state index in [9.17, 15) is 0 Å². The second-order valence-corrected chi connectivity index (χ2v) is 4.67. The van der Waals surface area contributed by atoms with Crippen molar-refractivity contribution in [2.75, 3.05) is 19.0 Å². The van der Waals surface area contributed by atoms with Gasteiger partial charge in [-0.25, -0.2) is 0 Å². The van der Waals surface area contributed by atoms with E-state index in [0.717, 1.165) is 0 Å². The summed E-state index contributed by atoms with van der Waals surface area (Å²) in [5, 5.41) is 2.66. The van der Waals surface area contributed by atoms with Crippen molar-refractivity contribution in [3.05, 3.63) is 42.5 Å². The third-order valence-corrected chi connectivity index (χ3v) is 3.41. The molecule has 0 bridgehead atoms. The van der Waals surface area contributed by atoms with E-state index in [1.54, 1.807) is 0 Å². The lowest BCUT2D eigenvalue weighted by Gasteiger charge is -2.12. The van der Waals surface area contributed by atoms with Crippen LogP contribution in [0.25, 0.3) is 21.8 Å². The van der Waals surface area contributed by atoms with Crippen LogP contribution in [0.4, 0.5) is 5.69 Å². The van der Waals surface area contributed by atoms with Gasteiger partial charge in [-0.3, -0.25) is 0 Å². The molecule has 2 heteroatoms. The second-order valence-electron chi connectivity index (χ2n) is 4.67. The molecule has 0 unspecified atom stereocenters. The second kappa shape index (κ2) is 3.52. The number of para-hydroxylation sites is 1. The summed E-state index contributed by atoms with van der Waals surface area (Å²) in [6.07, 6.45) is 0. The van der Waals surface area contributed by atoms with Crippen LogP contribution in [0, 0.1) is 0 Å². The third kappa shape index (κ3) is 1.41. The first-order valence-electron chi connectivity index (χ1n) is 5.83. The lowest BCUT2D eigenvalue weighted by atomic mass is 10.1. The normalized spacial score (nSPS) is 11.2. The highest BCUT2D eigenvalue weighted by atomic mass is 15.1. The molecule has 0 saturated heterocycles. The van der Waals surface area contributed by atoms with Crippen molar-refractivity contribution in [3.8, 4) is 0 Å². The molecule has 0 spiro atoms. The Morgan fingerprint density at radius 2 is 1.59 bits per heavy atom. The average molecular weight is 224 g/mol. The minimum absolute atomic E-state index is 1.24. The molecule has 0 saturated carbocycles. The van der Waals surface area contributed by atoms with Crippen LogP contribution < -0.4 is 4.90 Å². The van der Waals surface area contributed by atoms with E-state index in [2.05, 4.69) is 73.1 Å². The third-order valence-electron chi connectivity index (χ3n) is 3.41. The van der Waals surface area contributed by atoms with Crippen molar-refractivity contribution in [2.45, 2.75) is 0 Å². The Morgan fingerprint density at radius 3 is 2.35 bits per heavy atom. The lowest BCUT2D eigenvalue weighted by molar-refractivity contribution is 1.01. The molecule has 0 amide bonds. The standard InChI is InChI=1S/C15H16N2/c1-16(2)11-8-9-15-13(10-11)12-6-4-5-7-14(12)17(15)3/h4-10H,1-3H3. The predicted molar refractivity (Wildman–Crippen MR) is 74.8 cm³/mol. The summed E-state index contributed by atoms with van der Waals surface area (Å²) in [5.74, 6) is 0. The molecule has 0 fully saturated rings. The van der Waals surface area contributed by atoms with Gasteiger partial charge in [-0.1, -0.05) is 18.2 Å². The van der Waals surface area contributed by atoms with E-state index in [0.29, 0.717) is 0 Å². The molecule has 0 radical (unpaired) electrons. The predicted octanol–water partition coefficient (Wildman–Crippen LogP) is 3.40. The van der Waals surface area contributed by atoms with Gasteiger partial charge in [0.25, 0.3) is 0 Å². The molecule has 2 aromatic carbocycles. The van der Waals surface area contributed by atoms with E-state index < -0.39 is 0 Å². The first-order valence-corrected chi connectivity index (χ1v) is 5.83. The van der Waals surface area contributed by atoms with Crippen LogP contribution in [-0.2, 0) is 7.05 Å². The van der Waals surface area contributed by atoms with Crippen LogP contribution in [-0.4, -0.2) is 18.7 Å². The number of aromatic nitrogens is 1. The van der Waals surface area contributed by atoms with Gasteiger partial charge in [-0.2, -0.15) is 0 Å². The van der Waals surface area contributed by atoms with E-state index in [4.69, 9.17) is 0 Å². The van der Waals surface area contributed by atoms with Gasteiger partial charge in [-0.15, -0.1) is 0 Å². The highest BCUT2D eigenvalue weighted by Crippen LogP contribution is 2.30. The molecule has 0 aliphatic carbocycles. The fraction of sp³-hybridized carbons (Fsp3) is 0.200. The fourth-order valence-corrected chi connectivity index (χ4v) is 2.43. The van der Waals surface area contributed by atoms with Crippen LogP contribution in [0.15, 0.2) is 42.5 Å². The minimum Gasteiger partial charge on any atom is -0.378 e. The molecule has 3 rings (SSSR count). The molecule has 0 aliphatic rings. The number of hydrogen-bond acceptors (Lipinski definition) is 1. The Labute approximate surface area is 101 Å². The maximum atomic E-state index is 2.26. The molecule has 2 nitrogen and oxygen atoms in total. The molecular weight excluding hydrogens is 208 g/mol. The molecule has 3 aromatic rings. The zero-order valence-electron chi connectivity index (χ0n) is 10.4. The van der Waals surface area contributed by atoms with E-state index >= 15 is 0 Å². The van der Waals surface area contributed by atoms with Gasteiger partial charge in [0.05, 0.1) is 0 Å². The first-order chi connectivity index (χ1) is 8.18. The van der Waals surface area contributed by atoms with Crippen molar-refractivity contribution in [1.82, 2.24) is 4.57 Å². The number of fused-ring (bicyclic) bond motifs is 3. The van der Waals surface area contributed by atoms with E-state index in [1.165, 1.54) is 27.5 Å². The first kappa shape index (κ1) is 10.2. The maximum Gasteiger partial charge on any atom is 0.0490 e. The topological polar surface area (TPSA) is 8.17 Å². The summed E-state index contributed by atoms with van der Waals surface area (Å²) < 4.78 is 2.25. The Hall–Kier alpha value is -1.96. The Morgan fingerprint density at radius 1 is 0.882 bits per heavy atom. The van der Waals surface area contributed by atoms with Crippen LogP contribution in [0.2, 0.25) is 0 Å². The monoisotopic (exact) mass is 224 g/mol. The van der Waals surface area contributed by atoms with Crippen molar-refractivity contribution in [2.24, 2.45) is 7.05 Å². The molecule has 86 valence electrons. The summed E-state index contributed by atoms with van der Waals surface area (Å²) >= 11 is 0. The fourth-order valence-electron chi connectivity index (χ4n) is 2.43. The summed E-state index contributed by atoms with van der Waals surface area (Å²) in [7, 11) is 6.28. The van der Waals surface area contributed by atoms with Crippen LogP contribution in [0.3, 0.4) is 0 Å². The van der Waals surface area contributed by atoms with E-state index in [-0.39, 0.29) is 0 Å². The highest BCUT2D eigenvalue weighted by Gasteiger charge is 2.08. The molecule has 0 atom stereocenters. The number of rotatable bonds is 1. The minimum atomic E-state index is 1.24. The number of nitrogens with zero attached hydrogens (tertiary/aromatic N) is 2. The van der Waals surface area contributed by atoms with Crippen LogP contribution in [0.5, 0.6) is 0 Å². The number of benzene rings is 2. The van der Waals surface area contributed by atoms with Gasteiger partial charge in [0.2, 0.25) is 0 Å². The highest BCUT2D eigenvalue weighted by molar-refractivity contribution is 6.08. The Balaban J connectivity index is 2.46. The summed E-state index contributed by atoms with van der Waals surface area (Å²) in [4.78, 5) is 2.14. The zero-order chi connectivity index (χ0) is 12.0. The van der Waals surface area contributed by atoms with Gasteiger partial charge < -0.3 is 9.47 Å². The summed E-state index contributed by atoms with van der Waals surface area (Å²) in [6.45, 7) is 0. The molecule has 0 N–H and O–H groups in total. The van der Waals surface area contributed by atoms with E-state index in [1.807, 2.05) is 0 Å². The quantitative estimate of drug-likeness (QED) is 0.615. The molecule has 0 aliphatic heterocycles. The van der Waals surface area contributed by atoms with Crippen molar-refractivity contribution in [1.29, 1.82) is 0 Å². The van der Waals surface area contributed by atoms with Gasteiger partial charge in [0, 0.05) is 48.6 Å². The molecular formula is C15H16N2. The van der Waals surface area contributed by atoms with Crippen molar-refractivity contribution < 1.29 is 0 Å². The molecule has 17 heavy (non-hydrogen) atoms. The summed E-state index contributed by atoms with van der Waals surface area (Å²) in [5.41, 5.74) is 3.82. The van der Waals surface area contributed by atoms with Gasteiger partial charge in [-0.05, 0) is 24.3 Å². The van der Waals surface area contributed by atoms with Gasteiger partial charge in [0.15, 0.2) is 0 Å². The van der Waals surface area contributed by atoms with Crippen LogP contribution >= 0.6 is 0 Å². The smallest absolute Gasteiger partial charge is 0.0490 e. The van der Waals surface area contributed by atoms with Gasteiger partial charge in [0.1, 0.15) is 0 Å². The van der Waals surface area contributed by atoms with Crippen molar-refractivity contribution in [3.63, 3.8) is 0 Å². The molecule has 1 heterocycles. The summed E-state index contributed by atoms with van der Waals surface area (Å²) in [6, 6.07) is 15.2. The largest absolute Gasteiger partial charge is 0.378 e. The lowest BCUT2D eigenvalue weighted by Crippen LogP contribution is -2.08. The maximum absolute atomic E-state index is 2.26. The number of hydrogen-bond donors (Lipinski definition) is 0. The van der Waals surface area contributed by atoms with Crippen molar-refractivity contribution >= 4 is 27.5 Å². The average Bonchev–Trinajstić information content (AvgIpc) is 2.64.